The minimum atomic E-state index is -4.48. The van der Waals surface area contributed by atoms with E-state index in [-0.39, 0.29) is 22.3 Å². The third-order valence-corrected chi connectivity index (χ3v) is 4.16. The Morgan fingerprint density at radius 3 is 2.74 bits per heavy atom. The van der Waals surface area contributed by atoms with Crippen LogP contribution in [-0.2, 0) is 6.18 Å². The molecule has 0 amide bonds. The van der Waals surface area contributed by atoms with Crippen molar-refractivity contribution >= 4 is 16.3 Å². The summed E-state index contributed by atoms with van der Waals surface area (Å²) in [7, 11) is 0. The predicted molar refractivity (Wildman–Crippen MR) is 78.8 cm³/mol. The molecule has 0 fully saturated rings. The molecule has 1 aromatic carbocycles. The zero-order valence-corrected chi connectivity index (χ0v) is 12.6. The zero-order chi connectivity index (χ0) is 16.8. The van der Waals surface area contributed by atoms with E-state index in [4.69, 9.17) is 5.41 Å². The molecule has 4 nitrogen and oxygen atoms in total. The quantitative estimate of drug-likeness (QED) is 0.737. The van der Waals surface area contributed by atoms with Crippen molar-refractivity contribution in [3.63, 3.8) is 0 Å². The van der Waals surface area contributed by atoms with Crippen molar-refractivity contribution in [2.24, 2.45) is 0 Å². The Morgan fingerprint density at radius 2 is 2.09 bits per heavy atom. The molecule has 0 aliphatic carbocycles. The van der Waals surface area contributed by atoms with Gasteiger partial charge in [0, 0.05) is 16.6 Å². The average molecular weight is 334 g/mol. The number of nitriles is 1. The molecule has 0 saturated heterocycles. The zero-order valence-electron chi connectivity index (χ0n) is 11.8. The summed E-state index contributed by atoms with van der Waals surface area (Å²) < 4.78 is 40.1. The number of thiazole rings is 1. The largest absolute Gasteiger partial charge is 0.416 e. The molecule has 116 valence electrons. The molecule has 0 aliphatic rings. The molecule has 0 spiro atoms. The van der Waals surface area contributed by atoms with E-state index in [0.29, 0.717) is 4.96 Å². The number of nitrogens with zero attached hydrogens (tertiary/aromatic N) is 3. The molecule has 0 bridgehead atoms. The van der Waals surface area contributed by atoms with Crippen LogP contribution in [0.4, 0.5) is 13.2 Å². The number of halogens is 3. The molecule has 0 radical (unpaired) electrons. The summed E-state index contributed by atoms with van der Waals surface area (Å²) in [4.78, 5) is 5.64. The fourth-order valence-electron chi connectivity index (χ4n) is 2.24. The van der Waals surface area contributed by atoms with Crippen LogP contribution in [0.15, 0.2) is 30.5 Å². The van der Waals surface area contributed by atoms with Gasteiger partial charge in [0.25, 0.3) is 0 Å². The number of nitrogens with one attached hydrogen (secondary N) is 1. The third kappa shape index (κ3) is 2.59. The summed E-state index contributed by atoms with van der Waals surface area (Å²) in [6, 6.07) is 6.50. The minimum absolute atomic E-state index is 0.0559. The lowest BCUT2D eigenvalue weighted by Crippen LogP contribution is -2.18. The summed E-state index contributed by atoms with van der Waals surface area (Å²) in [6.45, 7) is 1.83. The van der Waals surface area contributed by atoms with Crippen molar-refractivity contribution in [3.05, 3.63) is 52.0 Å². The highest BCUT2D eigenvalue weighted by Gasteiger charge is 2.30. The number of alkyl halides is 3. The first kappa shape index (κ1) is 15.2. The Kier molecular flexibility index (Phi) is 3.45. The first-order valence-electron chi connectivity index (χ1n) is 6.46. The van der Waals surface area contributed by atoms with Gasteiger partial charge in [-0.2, -0.15) is 18.4 Å². The second-order valence-corrected chi connectivity index (χ2v) is 6.08. The second-order valence-electron chi connectivity index (χ2n) is 4.87. The van der Waals surface area contributed by atoms with Crippen LogP contribution < -0.4 is 5.49 Å². The number of fused-ring (bicyclic) bond motifs is 1. The van der Waals surface area contributed by atoms with E-state index in [1.54, 1.807) is 6.20 Å². The maximum atomic E-state index is 12.9. The SMILES string of the molecule is Cc1cn2c(=N)c(C#N)c(-c3cccc(C(F)(F)F)c3)nc2s1. The van der Waals surface area contributed by atoms with Crippen molar-refractivity contribution < 1.29 is 13.2 Å². The third-order valence-electron chi connectivity index (χ3n) is 3.27. The minimum Gasteiger partial charge on any atom is -0.283 e. The summed E-state index contributed by atoms with van der Waals surface area (Å²) in [6.07, 6.45) is -2.81. The van der Waals surface area contributed by atoms with Crippen LogP contribution >= 0.6 is 11.3 Å². The van der Waals surface area contributed by atoms with Gasteiger partial charge in [-0.3, -0.25) is 9.81 Å². The Hall–Kier alpha value is -2.66. The number of rotatable bonds is 1. The van der Waals surface area contributed by atoms with Gasteiger partial charge in [-0.25, -0.2) is 4.98 Å². The molecule has 1 N–H and O–H groups in total. The summed E-state index contributed by atoms with van der Waals surface area (Å²) in [5.41, 5.74) is -0.708. The van der Waals surface area contributed by atoms with Crippen molar-refractivity contribution in [1.82, 2.24) is 9.38 Å². The lowest BCUT2D eigenvalue weighted by molar-refractivity contribution is -0.137. The smallest absolute Gasteiger partial charge is 0.283 e. The lowest BCUT2D eigenvalue weighted by atomic mass is 10.0. The van der Waals surface area contributed by atoms with Gasteiger partial charge in [-0.1, -0.05) is 12.1 Å². The van der Waals surface area contributed by atoms with Gasteiger partial charge >= 0.3 is 6.18 Å². The standard InChI is InChI=1S/C15H9F3N4S/c1-8-7-22-13(20)11(6-19)12(21-14(22)23-8)9-3-2-4-10(5-9)15(16,17)18/h2-5,7,20H,1H3. The maximum absolute atomic E-state index is 12.9. The lowest BCUT2D eigenvalue weighted by Gasteiger charge is -2.09. The Bertz CT molecular complexity index is 1010. The van der Waals surface area contributed by atoms with E-state index in [1.165, 1.54) is 27.9 Å². The molecule has 23 heavy (non-hydrogen) atoms. The number of aryl methyl sites for hydroxylation is 1. The van der Waals surface area contributed by atoms with Crippen LogP contribution in [0.3, 0.4) is 0 Å². The van der Waals surface area contributed by atoms with Crippen LogP contribution in [0, 0.1) is 23.7 Å². The molecule has 0 unspecified atom stereocenters. The van der Waals surface area contributed by atoms with Gasteiger partial charge in [0.05, 0.1) is 11.3 Å². The predicted octanol–water partition coefficient (Wildman–Crippen LogP) is 3.74. The van der Waals surface area contributed by atoms with Gasteiger partial charge in [0.1, 0.15) is 11.6 Å². The van der Waals surface area contributed by atoms with Crippen LogP contribution in [-0.4, -0.2) is 9.38 Å². The molecular weight excluding hydrogens is 325 g/mol. The van der Waals surface area contributed by atoms with Crippen LogP contribution in [0.2, 0.25) is 0 Å². The molecule has 2 aromatic heterocycles. The molecule has 3 aromatic rings. The normalized spacial score (nSPS) is 11.6. The summed E-state index contributed by atoms with van der Waals surface area (Å²) in [5.74, 6) is 0. The Morgan fingerprint density at radius 1 is 1.35 bits per heavy atom. The van der Waals surface area contributed by atoms with E-state index >= 15 is 0 Å². The molecule has 0 saturated carbocycles. The monoisotopic (exact) mass is 334 g/mol. The first-order valence-corrected chi connectivity index (χ1v) is 7.28. The molecule has 3 rings (SSSR count). The van der Waals surface area contributed by atoms with E-state index in [1.807, 2.05) is 13.0 Å². The fourth-order valence-corrected chi connectivity index (χ4v) is 3.06. The number of aromatic nitrogens is 2. The highest BCUT2D eigenvalue weighted by Crippen LogP contribution is 2.32. The maximum Gasteiger partial charge on any atom is 0.416 e. The number of hydrogen-bond acceptors (Lipinski definition) is 4. The van der Waals surface area contributed by atoms with E-state index in [9.17, 15) is 18.4 Å². The Labute approximate surface area is 132 Å². The number of hydrogen-bond donors (Lipinski definition) is 1. The molecule has 2 heterocycles. The van der Waals surface area contributed by atoms with Crippen molar-refractivity contribution in [1.29, 1.82) is 10.7 Å². The molecular formula is C15H9F3N4S. The van der Waals surface area contributed by atoms with Gasteiger partial charge in [0.15, 0.2) is 10.4 Å². The van der Waals surface area contributed by atoms with E-state index < -0.39 is 11.7 Å². The van der Waals surface area contributed by atoms with Crippen molar-refractivity contribution in [2.45, 2.75) is 13.1 Å². The van der Waals surface area contributed by atoms with Crippen LogP contribution in [0.5, 0.6) is 0 Å². The molecule has 8 heteroatoms. The van der Waals surface area contributed by atoms with Crippen molar-refractivity contribution in [3.8, 4) is 17.3 Å². The van der Waals surface area contributed by atoms with E-state index in [0.717, 1.165) is 17.0 Å². The highest BCUT2D eigenvalue weighted by molar-refractivity contribution is 7.16. The van der Waals surface area contributed by atoms with Crippen molar-refractivity contribution in [2.75, 3.05) is 0 Å². The topological polar surface area (TPSA) is 64.9 Å². The first-order chi connectivity index (χ1) is 10.8. The van der Waals surface area contributed by atoms with Gasteiger partial charge in [0.2, 0.25) is 0 Å². The molecule has 0 aliphatic heterocycles. The molecule has 0 atom stereocenters. The van der Waals surface area contributed by atoms with Gasteiger partial charge in [-0.05, 0) is 19.1 Å². The van der Waals surface area contributed by atoms with E-state index in [2.05, 4.69) is 4.98 Å². The Balaban J connectivity index is 2.32. The van der Waals surface area contributed by atoms with Gasteiger partial charge in [-0.15, -0.1) is 11.3 Å². The fraction of sp³-hybridized carbons (Fsp3) is 0.133. The average Bonchev–Trinajstić information content (AvgIpc) is 2.87. The van der Waals surface area contributed by atoms with Crippen LogP contribution in [0.25, 0.3) is 16.2 Å². The summed E-state index contributed by atoms with van der Waals surface area (Å²) in [5, 5.41) is 17.4. The van der Waals surface area contributed by atoms with Gasteiger partial charge < -0.3 is 0 Å². The number of benzene rings is 1. The van der Waals surface area contributed by atoms with Crippen LogP contribution in [0.1, 0.15) is 16.0 Å². The summed E-state index contributed by atoms with van der Waals surface area (Å²) >= 11 is 1.30. The second kappa shape index (κ2) is 5.21. The highest BCUT2D eigenvalue weighted by atomic mass is 32.1.